The average molecular weight is 274 g/mol. The number of nitrogens with zero attached hydrogens (tertiary/aromatic N) is 3. The summed E-state index contributed by atoms with van der Waals surface area (Å²) >= 11 is 0. The molecule has 0 bridgehead atoms. The van der Waals surface area contributed by atoms with Crippen molar-refractivity contribution in [1.82, 2.24) is 15.0 Å². The molecule has 0 fully saturated rings. The molecule has 0 radical (unpaired) electrons. The highest BCUT2D eigenvalue weighted by Gasteiger charge is 2.03. The van der Waals surface area contributed by atoms with Crippen LogP contribution in [0.25, 0.3) is 0 Å². The van der Waals surface area contributed by atoms with E-state index >= 15 is 0 Å². The van der Waals surface area contributed by atoms with E-state index in [1.807, 2.05) is 26.0 Å². The lowest BCUT2D eigenvalue weighted by Crippen LogP contribution is -2.05. The molecule has 2 rings (SSSR count). The van der Waals surface area contributed by atoms with E-state index in [2.05, 4.69) is 20.3 Å². The van der Waals surface area contributed by atoms with Crippen LogP contribution in [-0.4, -0.2) is 28.7 Å². The van der Waals surface area contributed by atoms with E-state index in [0.717, 1.165) is 11.4 Å². The summed E-state index contributed by atoms with van der Waals surface area (Å²) in [5.74, 6) is 2.58. The lowest BCUT2D eigenvalue weighted by molar-refractivity contribution is 0.325. The van der Waals surface area contributed by atoms with Gasteiger partial charge in [0.05, 0.1) is 13.7 Å². The van der Waals surface area contributed by atoms with Crippen molar-refractivity contribution < 1.29 is 9.47 Å². The Morgan fingerprint density at radius 2 is 2.05 bits per heavy atom. The van der Waals surface area contributed by atoms with Gasteiger partial charge in [-0.2, -0.15) is 4.98 Å². The number of anilines is 1. The van der Waals surface area contributed by atoms with Crippen LogP contribution in [0.4, 0.5) is 5.82 Å². The first-order valence-electron chi connectivity index (χ1n) is 6.42. The Morgan fingerprint density at radius 1 is 1.20 bits per heavy atom. The third-order valence-corrected chi connectivity index (χ3v) is 2.59. The van der Waals surface area contributed by atoms with Crippen LogP contribution in [0.2, 0.25) is 0 Å². The van der Waals surface area contributed by atoms with Gasteiger partial charge in [-0.3, -0.25) is 0 Å². The molecule has 0 unspecified atom stereocenters. The van der Waals surface area contributed by atoms with E-state index in [4.69, 9.17) is 9.47 Å². The van der Waals surface area contributed by atoms with Crippen LogP contribution in [0, 0.1) is 6.92 Å². The molecule has 6 heteroatoms. The lowest BCUT2D eigenvalue weighted by Gasteiger charge is -2.09. The zero-order chi connectivity index (χ0) is 14.4. The van der Waals surface area contributed by atoms with Gasteiger partial charge in [-0.05, 0) is 25.5 Å². The predicted octanol–water partition coefficient (Wildman–Crippen LogP) is 2.20. The summed E-state index contributed by atoms with van der Waals surface area (Å²) in [4.78, 5) is 12.6. The van der Waals surface area contributed by atoms with Crippen LogP contribution in [0.15, 0.2) is 24.4 Å². The second-order valence-corrected chi connectivity index (χ2v) is 4.13. The Morgan fingerprint density at radius 3 is 2.80 bits per heavy atom. The molecule has 2 aromatic heterocycles. The Bertz CT molecular complexity index is 575. The van der Waals surface area contributed by atoms with Gasteiger partial charge in [0.1, 0.15) is 11.6 Å². The van der Waals surface area contributed by atoms with Crippen molar-refractivity contribution in [3.63, 3.8) is 0 Å². The molecular weight excluding hydrogens is 256 g/mol. The Kier molecular flexibility index (Phi) is 4.70. The molecule has 2 aromatic rings. The van der Waals surface area contributed by atoms with Crippen LogP contribution in [-0.2, 0) is 6.54 Å². The minimum absolute atomic E-state index is 0.579. The van der Waals surface area contributed by atoms with Gasteiger partial charge >= 0.3 is 0 Å². The number of pyridine rings is 1. The summed E-state index contributed by atoms with van der Waals surface area (Å²) in [6.07, 6.45) is 1.71. The average Bonchev–Trinajstić information content (AvgIpc) is 2.45. The number of methoxy groups -OCH3 is 1. The molecule has 0 saturated carbocycles. The number of hydrogen-bond donors (Lipinski definition) is 1. The molecule has 0 amide bonds. The minimum atomic E-state index is 0.579. The molecule has 2 heterocycles. The topological polar surface area (TPSA) is 69.2 Å². The van der Waals surface area contributed by atoms with Gasteiger partial charge in [0.2, 0.25) is 11.8 Å². The molecule has 106 valence electrons. The number of ether oxygens (including phenoxy) is 2. The third kappa shape index (κ3) is 3.81. The highest BCUT2D eigenvalue weighted by molar-refractivity contribution is 5.39. The Hall–Kier alpha value is -2.37. The summed E-state index contributed by atoms with van der Waals surface area (Å²) in [6, 6.07) is 5.59. The van der Waals surface area contributed by atoms with E-state index in [9.17, 15) is 0 Å². The quantitative estimate of drug-likeness (QED) is 0.871. The van der Waals surface area contributed by atoms with Crippen molar-refractivity contribution >= 4 is 5.82 Å². The molecule has 6 nitrogen and oxygen atoms in total. The number of hydrogen-bond acceptors (Lipinski definition) is 6. The first-order chi connectivity index (χ1) is 9.71. The number of aryl methyl sites for hydroxylation is 1. The molecule has 0 atom stereocenters. The van der Waals surface area contributed by atoms with Crippen LogP contribution in [0.3, 0.4) is 0 Å². The minimum Gasteiger partial charge on any atom is -0.481 e. The van der Waals surface area contributed by atoms with Crippen molar-refractivity contribution in [3.8, 4) is 11.8 Å². The zero-order valence-electron chi connectivity index (χ0n) is 11.9. The van der Waals surface area contributed by atoms with Gasteiger partial charge in [-0.1, -0.05) is 0 Å². The maximum Gasteiger partial charge on any atom is 0.218 e. The Labute approximate surface area is 118 Å². The van der Waals surface area contributed by atoms with Crippen LogP contribution < -0.4 is 14.8 Å². The van der Waals surface area contributed by atoms with E-state index in [1.54, 1.807) is 19.4 Å². The highest BCUT2D eigenvalue weighted by Crippen LogP contribution is 2.15. The molecular formula is C14H18N4O2. The van der Waals surface area contributed by atoms with Crippen molar-refractivity contribution in [2.75, 3.05) is 19.0 Å². The molecule has 0 aliphatic heterocycles. The van der Waals surface area contributed by atoms with Crippen LogP contribution in [0.5, 0.6) is 11.8 Å². The third-order valence-electron chi connectivity index (χ3n) is 2.59. The Balaban J connectivity index is 2.06. The predicted molar refractivity (Wildman–Crippen MR) is 76.1 cm³/mol. The number of aromatic nitrogens is 3. The SMILES string of the molecule is CCOc1cc(NCc2ccnc(OC)c2)nc(C)n1. The number of rotatable bonds is 6. The van der Waals surface area contributed by atoms with Gasteiger partial charge in [-0.25, -0.2) is 9.97 Å². The first kappa shape index (κ1) is 14.0. The fourth-order valence-corrected chi connectivity index (χ4v) is 1.72. The lowest BCUT2D eigenvalue weighted by atomic mass is 10.2. The van der Waals surface area contributed by atoms with Crippen LogP contribution >= 0.6 is 0 Å². The van der Waals surface area contributed by atoms with Crippen molar-refractivity contribution in [2.45, 2.75) is 20.4 Å². The van der Waals surface area contributed by atoms with E-state index in [0.29, 0.717) is 30.7 Å². The monoisotopic (exact) mass is 274 g/mol. The largest absolute Gasteiger partial charge is 0.481 e. The molecule has 0 aliphatic carbocycles. The van der Waals surface area contributed by atoms with E-state index < -0.39 is 0 Å². The maximum absolute atomic E-state index is 5.39. The smallest absolute Gasteiger partial charge is 0.218 e. The summed E-state index contributed by atoms with van der Waals surface area (Å²) in [5.41, 5.74) is 1.06. The normalized spacial score (nSPS) is 10.2. The molecule has 0 aliphatic rings. The highest BCUT2D eigenvalue weighted by atomic mass is 16.5. The van der Waals surface area contributed by atoms with Gasteiger partial charge in [0, 0.05) is 24.9 Å². The summed E-state index contributed by atoms with van der Waals surface area (Å²) in [6.45, 7) is 4.97. The standard InChI is InChI=1S/C14H18N4O2/c1-4-20-14-8-12(17-10(2)18-14)16-9-11-5-6-15-13(7-11)19-3/h5-8H,4,9H2,1-3H3,(H,16,17,18). The van der Waals surface area contributed by atoms with Gasteiger partial charge < -0.3 is 14.8 Å². The summed E-state index contributed by atoms with van der Waals surface area (Å²) < 4.78 is 10.5. The van der Waals surface area contributed by atoms with Crippen molar-refractivity contribution in [1.29, 1.82) is 0 Å². The zero-order valence-corrected chi connectivity index (χ0v) is 11.9. The van der Waals surface area contributed by atoms with Crippen LogP contribution in [0.1, 0.15) is 18.3 Å². The van der Waals surface area contributed by atoms with E-state index in [-0.39, 0.29) is 0 Å². The fourth-order valence-electron chi connectivity index (χ4n) is 1.72. The molecule has 0 aromatic carbocycles. The molecule has 20 heavy (non-hydrogen) atoms. The molecule has 0 spiro atoms. The van der Waals surface area contributed by atoms with Gasteiger partial charge in [0.15, 0.2) is 0 Å². The second kappa shape index (κ2) is 6.70. The van der Waals surface area contributed by atoms with Gasteiger partial charge in [-0.15, -0.1) is 0 Å². The van der Waals surface area contributed by atoms with Crippen molar-refractivity contribution in [2.24, 2.45) is 0 Å². The first-order valence-corrected chi connectivity index (χ1v) is 6.42. The maximum atomic E-state index is 5.39. The molecule has 1 N–H and O–H groups in total. The fraction of sp³-hybridized carbons (Fsp3) is 0.357. The number of nitrogens with one attached hydrogen (secondary N) is 1. The van der Waals surface area contributed by atoms with Gasteiger partial charge in [0.25, 0.3) is 0 Å². The summed E-state index contributed by atoms with van der Waals surface area (Å²) in [7, 11) is 1.60. The molecule has 0 saturated heterocycles. The van der Waals surface area contributed by atoms with Crippen molar-refractivity contribution in [3.05, 3.63) is 35.8 Å². The second-order valence-electron chi connectivity index (χ2n) is 4.13. The summed E-state index contributed by atoms with van der Waals surface area (Å²) in [5, 5.41) is 3.24. The van der Waals surface area contributed by atoms with E-state index in [1.165, 1.54) is 0 Å².